The number of nitrogens with zero attached hydrogens (tertiary/aromatic N) is 3. The first-order chi connectivity index (χ1) is 7.86. The summed E-state index contributed by atoms with van der Waals surface area (Å²) in [5.74, 6) is 0. The highest BCUT2D eigenvalue weighted by molar-refractivity contribution is 5.46. The number of hydrogen-bond acceptors (Lipinski definition) is 3. The second-order valence-corrected chi connectivity index (χ2v) is 4.04. The minimum Gasteiger partial charge on any atom is -0.244 e. The maximum absolute atomic E-state index is 11.5. The lowest BCUT2D eigenvalue weighted by molar-refractivity contribution is 0.671. The number of aryl methyl sites for hydroxylation is 1. The molecule has 82 valence electrons. The van der Waals surface area contributed by atoms with E-state index in [9.17, 15) is 4.79 Å². The van der Waals surface area contributed by atoms with Crippen LogP contribution in [0.5, 0.6) is 0 Å². The van der Waals surface area contributed by atoms with E-state index in [0.29, 0.717) is 0 Å². The molecule has 0 spiro atoms. The standard InChI is InChI=1S/C11H12N4O/c16-11-12-13-14-15(11)10-7-3-5-8-4-1-2-6-9(8)10/h3,5,7H,1-2,4,6H2,(H,12,14,16). The van der Waals surface area contributed by atoms with E-state index in [1.807, 2.05) is 12.1 Å². The SMILES string of the molecule is O=c1[nH]nnn1-c1cccc2c1CCCC2. The van der Waals surface area contributed by atoms with Gasteiger partial charge in [0.1, 0.15) is 0 Å². The number of rotatable bonds is 1. The maximum Gasteiger partial charge on any atom is 0.365 e. The fraction of sp³-hybridized carbons (Fsp3) is 0.364. The molecule has 1 aromatic heterocycles. The van der Waals surface area contributed by atoms with Crippen LogP contribution in [0.3, 0.4) is 0 Å². The Hall–Kier alpha value is -1.91. The zero-order chi connectivity index (χ0) is 11.0. The fourth-order valence-electron chi connectivity index (χ4n) is 2.32. The van der Waals surface area contributed by atoms with Crippen LogP contribution in [0, 0.1) is 0 Å². The normalized spacial score (nSPS) is 14.8. The van der Waals surface area contributed by atoms with Gasteiger partial charge in [0.05, 0.1) is 5.69 Å². The summed E-state index contributed by atoms with van der Waals surface area (Å²) in [6.45, 7) is 0. The van der Waals surface area contributed by atoms with Crippen molar-refractivity contribution in [1.82, 2.24) is 20.2 Å². The van der Waals surface area contributed by atoms with E-state index in [0.717, 1.165) is 18.5 Å². The molecule has 0 unspecified atom stereocenters. The fourth-order valence-corrected chi connectivity index (χ4v) is 2.32. The van der Waals surface area contributed by atoms with Gasteiger partial charge in [-0.05, 0) is 53.3 Å². The number of aromatic amines is 1. The van der Waals surface area contributed by atoms with Gasteiger partial charge in [0.2, 0.25) is 0 Å². The van der Waals surface area contributed by atoms with Crippen molar-refractivity contribution < 1.29 is 0 Å². The average molecular weight is 216 g/mol. The molecule has 2 aromatic rings. The Bertz CT molecular complexity index is 569. The molecule has 0 radical (unpaired) electrons. The Morgan fingerprint density at radius 1 is 1.25 bits per heavy atom. The molecule has 5 nitrogen and oxygen atoms in total. The monoisotopic (exact) mass is 216 g/mol. The Kier molecular flexibility index (Phi) is 2.09. The van der Waals surface area contributed by atoms with Crippen LogP contribution in [0.1, 0.15) is 24.0 Å². The highest BCUT2D eigenvalue weighted by Gasteiger charge is 2.15. The minimum absolute atomic E-state index is 0.279. The lowest BCUT2D eigenvalue weighted by Gasteiger charge is -2.18. The molecule has 0 atom stereocenters. The Balaban J connectivity index is 2.21. The van der Waals surface area contributed by atoms with E-state index in [1.165, 1.54) is 28.7 Å². The summed E-state index contributed by atoms with van der Waals surface area (Å²) in [5.41, 5.74) is 3.17. The molecular formula is C11H12N4O. The average Bonchev–Trinajstić information content (AvgIpc) is 2.75. The molecule has 16 heavy (non-hydrogen) atoms. The number of benzene rings is 1. The number of aromatic nitrogens is 4. The molecule has 0 saturated carbocycles. The van der Waals surface area contributed by atoms with Gasteiger partial charge in [-0.15, -0.1) is 0 Å². The van der Waals surface area contributed by atoms with Crippen LogP contribution in [-0.2, 0) is 12.8 Å². The van der Waals surface area contributed by atoms with Crippen molar-refractivity contribution >= 4 is 0 Å². The lowest BCUT2D eigenvalue weighted by atomic mass is 9.90. The molecule has 1 aliphatic rings. The van der Waals surface area contributed by atoms with Crippen molar-refractivity contribution in [3.05, 3.63) is 39.8 Å². The molecule has 0 amide bonds. The van der Waals surface area contributed by atoms with Gasteiger partial charge in [-0.2, -0.15) is 4.68 Å². The predicted molar refractivity (Wildman–Crippen MR) is 58.6 cm³/mol. The number of tetrazole rings is 1. The summed E-state index contributed by atoms with van der Waals surface area (Å²) in [6, 6.07) is 6.03. The van der Waals surface area contributed by atoms with Crippen LogP contribution < -0.4 is 5.69 Å². The number of H-pyrrole nitrogens is 1. The molecule has 0 fully saturated rings. The molecular weight excluding hydrogens is 204 g/mol. The third-order valence-corrected chi connectivity index (χ3v) is 3.07. The van der Waals surface area contributed by atoms with Gasteiger partial charge in [0, 0.05) is 0 Å². The highest BCUT2D eigenvalue weighted by Crippen LogP contribution is 2.25. The molecule has 1 aliphatic carbocycles. The number of hydrogen-bond donors (Lipinski definition) is 1. The first-order valence-electron chi connectivity index (χ1n) is 5.48. The van der Waals surface area contributed by atoms with Crippen molar-refractivity contribution in [1.29, 1.82) is 0 Å². The Labute approximate surface area is 92.1 Å². The number of fused-ring (bicyclic) bond motifs is 1. The van der Waals surface area contributed by atoms with Crippen LogP contribution in [-0.4, -0.2) is 20.2 Å². The van der Waals surface area contributed by atoms with Crippen LogP contribution in [0.15, 0.2) is 23.0 Å². The van der Waals surface area contributed by atoms with E-state index in [2.05, 4.69) is 21.6 Å². The smallest absolute Gasteiger partial charge is 0.244 e. The number of nitrogens with one attached hydrogen (secondary N) is 1. The topological polar surface area (TPSA) is 63.6 Å². The summed E-state index contributed by atoms with van der Waals surface area (Å²) >= 11 is 0. The van der Waals surface area contributed by atoms with Crippen molar-refractivity contribution in [3.63, 3.8) is 0 Å². The highest BCUT2D eigenvalue weighted by atomic mass is 16.2. The van der Waals surface area contributed by atoms with E-state index in [-0.39, 0.29) is 5.69 Å². The molecule has 1 N–H and O–H groups in total. The van der Waals surface area contributed by atoms with Crippen molar-refractivity contribution in [2.24, 2.45) is 0 Å². The molecule has 0 bridgehead atoms. The Morgan fingerprint density at radius 2 is 2.12 bits per heavy atom. The summed E-state index contributed by atoms with van der Waals surface area (Å²) in [4.78, 5) is 11.5. The molecule has 1 heterocycles. The third kappa shape index (κ3) is 1.36. The molecule has 3 rings (SSSR count). The van der Waals surface area contributed by atoms with Gasteiger partial charge >= 0.3 is 5.69 Å². The summed E-state index contributed by atoms with van der Waals surface area (Å²) in [7, 11) is 0. The van der Waals surface area contributed by atoms with Gasteiger partial charge < -0.3 is 0 Å². The maximum atomic E-state index is 11.5. The molecule has 0 aliphatic heterocycles. The Morgan fingerprint density at radius 3 is 2.94 bits per heavy atom. The van der Waals surface area contributed by atoms with Crippen molar-refractivity contribution in [2.75, 3.05) is 0 Å². The molecule has 5 heteroatoms. The minimum atomic E-state index is -0.279. The second-order valence-electron chi connectivity index (χ2n) is 4.04. The summed E-state index contributed by atoms with van der Waals surface area (Å²) in [5, 5.41) is 9.64. The van der Waals surface area contributed by atoms with E-state index >= 15 is 0 Å². The lowest BCUT2D eigenvalue weighted by Crippen LogP contribution is -2.19. The molecule has 1 aromatic carbocycles. The van der Waals surface area contributed by atoms with Crippen LogP contribution in [0.25, 0.3) is 5.69 Å². The molecule has 0 saturated heterocycles. The predicted octanol–water partition coefficient (Wildman–Crippen LogP) is 0.834. The summed E-state index contributed by atoms with van der Waals surface area (Å²) in [6.07, 6.45) is 4.52. The van der Waals surface area contributed by atoms with Crippen molar-refractivity contribution in [3.8, 4) is 5.69 Å². The van der Waals surface area contributed by atoms with E-state index in [4.69, 9.17) is 0 Å². The van der Waals surface area contributed by atoms with Gasteiger partial charge in [-0.1, -0.05) is 12.1 Å². The first kappa shape index (κ1) is 9.33. The van der Waals surface area contributed by atoms with Gasteiger partial charge in [0.25, 0.3) is 0 Å². The van der Waals surface area contributed by atoms with Crippen LogP contribution in [0.4, 0.5) is 0 Å². The zero-order valence-electron chi connectivity index (χ0n) is 8.81. The van der Waals surface area contributed by atoms with Crippen LogP contribution >= 0.6 is 0 Å². The largest absolute Gasteiger partial charge is 0.365 e. The first-order valence-corrected chi connectivity index (χ1v) is 5.48. The van der Waals surface area contributed by atoms with E-state index < -0.39 is 0 Å². The third-order valence-electron chi connectivity index (χ3n) is 3.07. The van der Waals surface area contributed by atoms with Crippen LogP contribution in [0.2, 0.25) is 0 Å². The van der Waals surface area contributed by atoms with Gasteiger partial charge in [0.15, 0.2) is 0 Å². The van der Waals surface area contributed by atoms with E-state index in [1.54, 1.807) is 0 Å². The van der Waals surface area contributed by atoms with Crippen molar-refractivity contribution in [2.45, 2.75) is 25.7 Å². The summed E-state index contributed by atoms with van der Waals surface area (Å²) < 4.78 is 1.34. The zero-order valence-corrected chi connectivity index (χ0v) is 8.81. The quantitative estimate of drug-likeness (QED) is 0.768. The second kappa shape index (κ2) is 3.59. The van der Waals surface area contributed by atoms with Gasteiger partial charge in [-0.25, -0.2) is 9.89 Å². The van der Waals surface area contributed by atoms with Gasteiger partial charge in [-0.3, -0.25) is 0 Å².